The summed E-state index contributed by atoms with van der Waals surface area (Å²) in [6, 6.07) is 8.93. The monoisotopic (exact) mass is 292 g/mol. The van der Waals surface area contributed by atoms with Crippen LogP contribution in [-0.2, 0) is 6.61 Å². The van der Waals surface area contributed by atoms with Crippen LogP contribution in [0.3, 0.4) is 0 Å². The van der Waals surface area contributed by atoms with Crippen LogP contribution in [0.15, 0.2) is 40.8 Å². The Labute approximate surface area is 121 Å². The molecule has 0 aliphatic rings. The van der Waals surface area contributed by atoms with E-state index in [4.69, 9.17) is 14.9 Å². The summed E-state index contributed by atoms with van der Waals surface area (Å²) in [4.78, 5) is 11.7. The first kappa shape index (κ1) is 15.1. The zero-order chi connectivity index (χ0) is 15.1. The zero-order valence-corrected chi connectivity index (χ0v) is 11.5. The molecule has 3 N–H and O–H groups in total. The van der Waals surface area contributed by atoms with Gasteiger partial charge in [-0.3, -0.25) is 4.79 Å². The lowest BCUT2D eigenvalue weighted by Crippen LogP contribution is -2.25. The molecule has 0 atom stereocenters. The van der Waals surface area contributed by atoms with Crippen molar-refractivity contribution in [3.8, 4) is 5.75 Å². The molecule has 0 saturated heterocycles. The van der Waals surface area contributed by atoms with E-state index in [9.17, 15) is 9.18 Å². The number of furan rings is 1. The van der Waals surface area contributed by atoms with Crippen LogP contribution in [0.4, 0.5) is 4.39 Å². The molecule has 0 aliphatic heterocycles. The maximum Gasteiger partial charge on any atom is 0.286 e. The maximum atomic E-state index is 12.7. The van der Waals surface area contributed by atoms with Gasteiger partial charge in [0.15, 0.2) is 5.76 Å². The minimum Gasteiger partial charge on any atom is -0.486 e. The van der Waals surface area contributed by atoms with Crippen molar-refractivity contribution in [3.63, 3.8) is 0 Å². The summed E-state index contributed by atoms with van der Waals surface area (Å²) >= 11 is 0. The average Bonchev–Trinajstić information content (AvgIpc) is 2.96. The Bertz CT molecular complexity index is 581. The van der Waals surface area contributed by atoms with Gasteiger partial charge in [-0.2, -0.15) is 0 Å². The van der Waals surface area contributed by atoms with E-state index in [1.165, 1.54) is 24.3 Å². The highest BCUT2D eigenvalue weighted by Gasteiger charge is 2.10. The van der Waals surface area contributed by atoms with E-state index in [1.54, 1.807) is 12.1 Å². The Kier molecular flexibility index (Phi) is 5.34. The van der Waals surface area contributed by atoms with E-state index in [0.717, 1.165) is 0 Å². The van der Waals surface area contributed by atoms with Crippen LogP contribution >= 0.6 is 0 Å². The lowest BCUT2D eigenvalue weighted by atomic mass is 10.3. The summed E-state index contributed by atoms with van der Waals surface area (Å²) < 4.78 is 23.6. The third-order valence-corrected chi connectivity index (χ3v) is 2.75. The molecule has 2 aromatic rings. The summed E-state index contributed by atoms with van der Waals surface area (Å²) in [6.07, 6.45) is 0.715. The van der Waals surface area contributed by atoms with Gasteiger partial charge in [-0.25, -0.2) is 4.39 Å². The van der Waals surface area contributed by atoms with Gasteiger partial charge < -0.3 is 20.2 Å². The molecule has 0 aliphatic carbocycles. The van der Waals surface area contributed by atoms with E-state index >= 15 is 0 Å². The van der Waals surface area contributed by atoms with Crippen molar-refractivity contribution < 1.29 is 18.3 Å². The number of hydrogen-bond acceptors (Lipinski definition) is 4. The van der Waals surface area contributed by atoms with E-state index in [1.807, 2.05) is 0 Å². The van der Waals surface area contributed by atoms with Gasteiger partial charge in [0.05, 0.1) is 0 Å². The molecule has 1 heterocycles. The van der Waals surface area contributed by atoms with Crippen molar-refractivity contribution in [2.24, 2.45) is 5.73 Å². The molecule has 1 amide bonds. The molecule has 0 unspecified atom stereocenters. The second-order valence-corrected chi connectivity index (χ2v) is 4.41. The highest BCUT2D eigenvalue weighted by Crippen LogP contribution is 2.15. The Morgan fingerprint density at radius 1 is 1.24 bits per heavy atom. The normalized spacial score (nSPS) is 10.4. The van der Waals surface area contributed by atoms with Gasteiger partial charge in [0.2, 0.25) is 0 Å². The second-order valence-electron chi connectivity index (χ2n) is 4.41. The number of rotatable bonds is 7. The third-order valence-electron chi connectivity index (χ3n) is 2.75. The molecule has 6 heteroatoms. The molecule has 0 fully saturated rings. The molecule has 0 bridgehead atoms. The van der Waals surface area contributed by atoms with E-state index in [-0.39, 0.29) is 24.1 Å². The lowest BCUT2D eigenvalue weighted by Gasteiger charge is -2.04. The summed E-state index contributed by atoms with van der Waals surface area (Å²) in [5, 5.41) is 2.70. The average molecular weight is 292 g/mol. The quantitative estimate of drug-likeness (QED) is 0.766. The van der Waals surface area contributed by atoms with E-state index in [0.29, 0.717) is 31.0 Å². The molecule has 0 radical (unpaired) electrons. The predicted octanol–water partition coefficient (Wildman–Crippen LogP) is 2.08. The van der Waals surface area contributed by atoms with Gasteiger partial charge in [-0.15, -0.1) is 0 Å². The second kappa shape index (κ2) is 7.44. The number of ether oxygens (including phenoxy) is 1. The summed E-state index contributed by atoms with van der Waals surface area (Å²) in [6.45, 7) is 1.20. The number of hydrogen-bond donors (Lipinski definition) is 2. The van der Waals surface area contributed by atoms with E-state index < -0.39 is 0 Å². The number of benzene rings is 1. The van der Waals surface area contributed by atoms with Crippen LogP contribution in [0, 0.1) is 5.82 Å². The van der Waals surface area contributed by atoms with Crippen molar-refractivity contribution in [3.05, 3.63) is 53.7 Å². The number of nitrogens with two attached hydrogens (primary N) is 1. The fourth-order valence-corrected chi connectivity index (χ4v) is 1.65. The number of carbonyl (C=O) groups excluding carboxylic acids is 1. The molecule has 0 saturated carbocycles. The smallest absolute Gasteiger partial charge is 0.286 e. The number of amides is 1. The van der Waals surface area contributed by atoms with Gasteiger partial charge in [0.25, 0.3) is 5.91 Å². The molecule has 1 aromatic heterocycles. The number of carbonyl (C=O) groups is 1. The van der Waals surface area contributed by atoms with Gasteiger partial charge in [0, 0.05) is 6.54 Å². The molecule has 112 valence electrons. The van der Waals surface area contributed by atoms with Crippen molar-refractivity contribution in [2.75, 3.05) is 13.1 Å². The zero-order valence-electron chi connectivity index (χ0n) is 11.5. The van der Waals surface area contributed by atoms with Crippen molar-refractivity contribution >= 4 is 5.91 Å². The van der Waals surface area contributed by atoms with Gasteiger partial charge >= 0.3 is 0 Å². The molecular formula is C15H17FN2O3. The number of halogens is 1. The Hall–Kier alpha value is -2.34. The molecule has 21 heavy (non-hydrogen) atoms. The highest BCUT2D eigenvalue weighted by atomic mass is 19.1. The van der Waals surface area contributed by atoms with Crippen LogP contribution in [0.2, 0.25) is 0 Å². The van der Waals surface area contributed by atoms with Gasteiger partial charge in [0.1, 0.15) is 23.9 Å². The van der Waals surface area contributed by atoms with Crippen LogP contribution in [0.25, 0.3) is 0 Å². The first-order chi connectivity index (χ1) is 10.2. The van der Waals surface area contributed by atoms with Gasteiger partial charge in [-0.05, 0) is 49.4 Å². The minimum absolute atomic E-state index is 0.168. The molecule has 0 spiro atoms. The van der Waals surface area contributed by atoms with Crippen molar-refractivity contribution in [1.29, 1.82) is 0 Å². The molecule has 5 nitrogen and oxygen atoms in total. The predicted molar refractivity (Wildman–Crippen MR) is 75.4 cm³/mol. The van der Waals surface area contributed by atoms with Crippen LogP contribution in [0.1, 0.15) is 22.7 Å². The van der Waals surface area contributed by atoms with E-state index in [2.05, 4.69) is 5.32 Å². The van der Waals surface area contributed by atoms with Crippen molar-refractivity contribution in [1.82, 2.24) is 5.32 Å². The Balaban J connectivity index is 1.85. The number of nitrogens with one attached hydrogen (secondary N) is 1. The third kappa shape index (κ3) is 4.61. The maximum absolute atomic E-state index is 12.7. The fraction of sp³-hybridized carbons (Fsp3) is 0.267. The molecule has 2 rings (SSSR count). The minimum atomic E-state index is -0.322. The van der Waals surface area contributed by atoms with Gasteiger partial charge in [-0.1, -0.05) is 0 Å². The summed E-state index contributed by atoms with van der Waals surface area (Å²) in [5.74, 6) is 0.669. The largest absolute Gasteiger partial charge is 0.486 e. The standard InChI is InChI=1S/C15H17FN2O3/c16-11-2-4-12(5-3-11)20-10-13-6-7-14(21-13)15(19)18-9-1-8-17/h2-7H,1,8-10,17H2,(H,18,19). The molecule has 1 aromatic carbocycles. The topological polar surface area (TPSA) is 77.5 Å². The van der Waals surface area contributed by atoms with Crippen LogP contribution in [0.5, 0.6) is 5.75 Å². The Morgan fingerprint density at radius 3 is 2.71 bits per heavy atom. The van der Waals surface area contributed by atoms with Crippen LogP contribution in [-0.4, -0.2) is 19.0 Å². The summed E-state index contributed by atoms with van der Waals surface area (Å²) in [5.41, 5.74) is 5.35. The first-order valence-corrected chi connectivity index (χ1v) is 6.64. The van der Waals surface area contributed by atoms with Crippen LogP contribution < -0.4 is 15.8 Å². The molecular weight excluding hydrogens is 275 g/mol. The van der Waals surface area contributed by atoms with Crippen molar-refractivity contribution in [2.45, 2.75) is 13.0 Å². The lowest BCUT2D eigenvalue weighted by molar-refractivity contribution is 0.0921. The fourth-order valence-electron chi connectivity index (χ4n) is 1.65. The SMILES string of the molecule is NCCCNC(=O)c1ccc(COc2ccc(F)cc2)o1. The Morgan fingerprint density at radius 2 is 2.00 bits per heavy atom. The summed E-state index contributed by atoms with van der Waals surface area (Å²) in [7, 11) is 0. The highest BCUT2D eigenvalue weighted by molar-refractivity contribution is 5.91. The first-order valence-electron chi connectivity index (χ1n) is 6.64.